The van der Waals surface area contributed by atoms with Crippen LogP contribution in [-0.4, -0.2) is 21.5 Å². The van der Waals surface area contributed by atoms with E-state index in [2.05, 4.69) is 4.72 Å². The van der Waals surface area contributed by atoms with E-state index in [0.717, 1.165) is 12.0 Å². The highest BCUT2D eigenvalue weighted by Gasteiger charge is 2.12. The van der Waals surface area contributed by atoms with Gasteiger partial charge in [-0.2, -0.15) is 0 Å². The number of sulfonamides is 1. The quantitative estimate of drug-likeness (QED) is 0.727. The maximum absolute atomic E-state index is 11.8. The fraction of sp³-hybridized carbons (Fsp3) is 0.455. The Morgan fingerprint density at radius 3 is 2.38 bits per heavy atom. The molecule has 0 spiro atoms. The van der Waals surface area contributed by atoms with E-state index >= 15 is 0 Å². The van der Waals surface area contributed by atoms with Crippen LogP contribution in [0.3, 0.4) is 0 Å². The Bertz CT molecular complexity index is 412. The highest BCUT2D eigenvalue weighted by atomic mass is 32.2. The molecular weight excluding hydrogens is 224 g/mol. The summed E-state index contributed by atoms with van der Waals surface area (Å²) < 4.78 is 26.0. The zero-order chi connectivity index (χ0) is 12.0. The van der Waals surface area contributed by atoms with Crippen molar-refractivity contribution in [2.45, 2.75) is 24.7 Å². The van der Waals surface area contributed by atoms with Crippen LogP contribution in [0.25, 0.3) is 0 Å². The van der Waals surface area contributed by atoms with Gasteiger partial charge in [0, 0.05) is 6.54 Å². The summed E-state index contributed by atoms with van der Waals surface area (Å²) in [6, 6.07) is 6.92. The molecule has 0 aliphatic heterocycles. The average molecular weight is 242 g/mol. The van der Waals surface area contributed by atoms with Crippen LogP contribution in [0.5, 0.6) is 0 Å². The van der Waals surface area contributed by atoms with E-state index in [4.69, 9.17) is 5.73 Å². The number of nitrogens with two attached hydrogens (primary N) is 1. The molecule has 16 heavy (non-hydrogen) atoms. The summed E-state index contributed by atoms with van der Waals surface area (Å²) in [6.45, 7) is 2.90. The minimum Gasteiger partial charge on any atom is -0.330 e. The van der Waals surface area contributed by atoms with E-state index in [1.807, 2.05) is 19.1 Å². The fourth-order valence-electron chi connectivity index (χ4n) is 1.30. The van der Waals surface area contributed by atoms with Crippen molar-refractivity contribution in [3.63, 3.8) is 0 Å². The summed E-state index contributed by atoms with van der Waals surface area (Å²) in [5, 5.41) is 0. The molecule has 0 unspecified atom stereocenters. The lowest BCUT2D eigenvalue weighted by molar-refractivity contribution is 0.579. The molecular formula is C11H18N2O2S. The normalized spacial score (nSPS) is 11.6. The first-order valence-electron chi connectivity index (χ1n) is 5.39. The molecule has 0 fully saturated rings. The third-order valence-corrected chi connectivity index (χ3v) is 3.79. The third-order valence-electron chi connectivity index (χ3n) is 2.31. The van der Waals surface area contributed by atoms with Gasteiger partial charge in [0.2, 0.25) is 10.0 Å². The van der Waals surface area contributed by atoms with Crippen LogP contribution in [0.1, 0.15) is 18.9 Å². The summed E-state index contributed by atoms with van der Waals surface area (Å²) >= 11 is 0. The van der Waals surface area contributed by atoms with Crippen molar-refractivity contribution >= 4 is 10.0 Å². The van der Waals surface area contributed by atoms with E-state index in [-0.39, 0.29) is 0 Å². The zero-order valence-electron chi connectivity index (χ0n) is 9.44. The predicted octanol–water partition coefficient (Wildman–Crippen LogP) is 0.876. The lowest BCUT2D eigenvalue weighted by Crippen LogP contribution is -2.26. The first kappa shape index (κ1) is 13.2. The molecule has 1 rings (SSSR count). The second-order valence-corrected chi connectivity index (χ2v) is 5.30. The van der Waals surface area contributed by atoms with E-state index in [1.54, 1.807) is 12.1 Å². The van der Waals surface area contributed by atoms with E-state index in [9.17, 15) is 8.42 Å². The van der Waals surface area contributed by atoms with Gasteiger partial charge in [-0.15, -0.1) is 0 Å². The summed E-state index contributed by atoms with van der Waals surface area (Å²) in [7, 11) is -3.36. The minimum absolute atomic E-state index is 0.307. The van der Waals surface area contributed by atoms with E-state index in [1.165, 1.54) is 0 Å². The molecule has 0 amide bonds. The number of benzene rings is 1. The monoisotopic (exact) mass is 242 g/mol. The SMILES string of the molecule is CCc1ccc(S(=O)(=O)NCCCN)cc1. The highest BCUT2D eigenvalue weighted by molar-refractivity contribution is 7.89. The molecule has 0 saturated heterocycles. The van der Waals surface area contributed by atoms with Crippen molar-refractivity contribution in [1.82, 2.24) is 4.72 Å². The Kier molecular flexibility index (Phi) is 4.92. The van der Waals surface area contributed by atoms with Crippen LogP contribution in [0.2, 0.25) is 0 Å². The molecule has 3 N–H and O–H groups in total. The Balaban J connectivity index is 2.74. The molecule has 0 aromatic heterocycles. The van der Waals surface area contributed by atoms with Crippen LogP contribution in [0.4, 0.5) is 0 Å². The van der Waals surface area contributed by atoms with Gasteiger partial charge in [0.15, 0.2) is 0 Å². The maximum atomic E-state index is 11.8. The molecule has 0 aliphatic carbocycles. The van der Waals surface area contributed by atoms with Crippen LogP contribution >= 0.6 is 0 Å². The third kappa shape index (κ3) is 3.59. The van der Waals surface area contributed by atoms with Gasteiger partial charge in [-0.3, -0.25) is 0 Å². The predicted molar refractivity (Wildman–Crippen MR) is 64.7 cm³/mol. The van der Waals surface area contributed by atoms with Gasteiger partial charge < -0.3 is 5.73 Å². The van der Waals surface area contributed by atoms with Gasteiger partial charge in [0.1, 0.15) is 0 Å². The molecule has 0 heterocycles. The standard InChI is InChI=1S/C11H18N2O2S/c1-2-10-4-6-11(7-5-10)16(14,15)13-9-3-8-12/h4-7,13H,2-3,8-9,12H2,1H3. The molecule has 1 aromatic rings. The first-order valence-corrected chi connectivity index (χ1v) is 6.87. The molecule has 90 valence electrons. The number of hydrogen-bond donors (Lipinski definition) is 2. The van der Waals surface area contributed by atoms with E-state index < -0.39 is 10.0 Å². The number of hydrogen-bond acceptors (Lipinski definition) is 3. The lowest BCUT2D eigenvalue weighted by Gasteiger charge is -2.06. The topological polar surface area (TPSA) is 72.2 Å². The molecule has 1 aromatic carbocycles. The average Bonchev–Trinajstić information content (AvgIpc) is 2.29. The molecule has 0 bridgehead atoms. The molecule has 0 radical (unpaired) electrons. The fourth-order valence-corrected chi connectivity index (χ4v) is 2.37. The minimum atomic E-state index is -3.36. The van der Waals surface area contributed by atoms with Crippen molar-refractivity contribution in [2.75, 3.05) is 13.1 Å². The van der Waals surface area contributed by atoms with Crippen molar-refractivity contribution in [1.29, 1.82) is 0 Å². The molecule has 0 saturated carbocycles. The van der Waals surface area contributed by atoms with Gasteiger partial charge in [0.05, 0.1) is 4.90 Å². The van der Waals surface area contributed by atoms with Crippen molar-refractivity contribution < 1.29 is 8.42 Å². The van der Waals surface area contributed by atoms with Crippen LogP contribution in [-0.2, 0) is 16.4 Å². The highest BCUT2D eigenvalue weighted by Crippen LogP contribution is 2.10. The van der Waals surface area contributed by atoms with E-state index in [0.29, 0.717) is 24.4 Å². The van der Waals surface area contributed by atoms with Gasteiger partial charge >= 0.3 is 0 Å². The summed E-state index contributed by atoms with van der Waals surface area (Å²) in [4.78, 5) is 0.307. The summed E-state index contributed by atoms with van der Waals surface area (Å²) in [6.07, 6.45) is 1.55. The van der Waals surface area contributed by atoms with Gasteiger partial charge in [-0.25, -0.2) is 13.1 Å². The van der Waals surface area contributed by atoms with Gasteiger partial charge in [0.25, 0.3) is 0 Å². The van der Waals surface area contributed by atoms with Crippen molar-refractivity contribution in [3.8, 4) is 0 Å². The van der Waals surface area contributed by atoms with Crippen LogP contribution < -0.4 is 10.5 Å². The largest absolute Gasteiger partial charge is 0.330 e. The Morgan fingerprint density at radius 2 is 1.88 bits per heavy atom. The number of rotatable bonds is 6. The first-order chi connectivity index (χ1) is 7.60. The summed E-state index contributed by atoms with van der Waals surface area (Å²) in [5.74, 6) is 0. The van der Waals surface area contributed by atoms with Crippen LogP contribution in [0, 0.1) is 0 Å². The molecule has 0 aliphatic rings. The zero-order valence-corrected chi connectivity index (χ0v) is 10.3. The van der Waals surface area contributed by atoms with Gasteiger partial charge in [-0.05, 0) is 37.1 Å². The Hall–Kier alpha value is -0.910. The molecule has 5 heteroatoms. The Morgan fingerprint density at radius 1 is 1.25 bits per heavy atom. The van der Waals surface area contributed by atoms with Crippen LogP contribution in [0.15, 0.2) is 29.2 Å². The van der Waals surface area contributed by atoms with Gasteiger partial charge in [-0.1, -0.05) is 19.1 Å². The van der Waals surface area contributed by atoms with Crippen molar-refractivity contribution in [3.05, 3.63) is 29.8 Å². The Labute approximate surface area is 96.9 Å². The lowest BCUT2D eigenvalue weighted by atomic mass is 10.2. The molecule has 4 nitrogen and oxygen atoms in total. The summed E-state index contributed by atoms with van der Waals surface area (Å²) in [5.41, 5.74) is 6.43. The smallest absolute Gasteiger partial charge is 0.240 e. The van der Waals surface area contributed by atoms with Crippen molar-refractivity contribution in [2.24, 2.45) is 5.73 Å². The maximum Gasteiger partial charge on any atom is 0.240 e. The number of nitrogens with one attached hydrogen (secondary N) is 1. The number of aryl methyl sites for hydroxylation is 1. The second-order valence-electron chi connectivity index (χ2n) is 3.54. The second kappa shape index (κ2) is 5.98. The molecule has 0 atom stereocenters.